The van der Waals surface area contributed by atoms with Crippen LogP contribution in [0.4, 0.5) is 4.39 Å². The number of halogens is 1. The quantitative estimate of drug-likeness (QED) is 0.616. The van der Waals surface area contributed by atoms with Crippen molar-refractivity contribution in [1.29, 1.82) is 0 Å². The first-order valence-corrected chi connectivity index (χ1v) is 9.19. The van der Waals surface area contributed by atoms with Gasteiger partial charge in [-0.1, -0.05) is 0 Å². The van der Waals surface area contributed by atoms with E-state index in [2.05, 4.69) is 9.47 Å². The summed E-state index contributed by atoms with van der Waals surface area (Å²) in [7, 11) is 1.98. The average Bonchev–Trinajstić information content (AvgIpc) is 3.43. The number of likely N-dealkylation sites (N-methyl/N-ethyl adjacent to an activating group) is 1. The summed E-state index contributed by atoms with van der Waals surface area (Å²) >= 11 is 1.33. The van der Waals surface area contributed by atoms with E-state index in [1.54, 1.807) is 6.07 Å². The largest absolute Gasteiger partial charge is 0.344 e. The lowest BCUT2D eigenvalue weighted by molar-refractivity contribution is -0.446. The third-order valence-electron chi connectivity index (χ3n) is 5.01. The van der Waals surface area contributed by atoms with Crippen LogP contribution in [-0.4, -0.2) is 46.4 Å². The van der Waals surface area contributed by atoms with E-state index in [0.717, 1.165) is 18.4 Å². The van der Waals surface area contributed by atoms with Crippen LogP contribution in [0.1, 0.15) is 18.9 Å². The molecule has 3 saturated heterocycles. The first kappa shape index (κ1) is 15.8. The minimum atomic E-state index is -0.376. The monoisotopic (exact) mass is 363 g/mol. The maximum Gasteiger partial charge on any atom is 0.189 e. The lowest BCUT2D eigenvalue weighted by Gasteiger charge is -2.47. The number of rotatable bonds is 3. The van der Waals surface area contributed by atoms with E-state index in [1.165, 1.54) is 24.1 Å². The second-order valence-electron chi connectivity index (χ2n) is 6.85. The maximum absolute atomic E-state index is 14.6. The minimum Gasteiger partial charge on any atom is -0.344 e. The Labute approximate surface area is 148 Å². The van der Waals surface area contributed by atoms with Crippen molar-refractivity contribution in [2.75, 3.05) is 20.1 Å². The highest BCUT2D eigenvalue weighted by Gasteiger charge is 2.41. The molecule has 0 N–H and O–H groups in total. The topological polar surface area (TPSA) is 46.9 Å². The normalized spacial score (nSPS) is 27.3. The van der Waals surface area contributed by atoms with Gasteiger partial charge in [0.15, 0.2) is 17.9 Å². The molecule has 2 unspecified atom stereocenters. The molecule has 132 valence electrons. The fourth-order valence-electron chi connectivity index (χ4n) is 3.41. The van der Waals surface area contributed by atoms with E-state index in [9.17, 15) is 9.18 Å². The van der Waals surface area contributed by atoms with Gasteiger partial charge in [0.1, 0.15) is 5.82 Å². The van der Waals surface area contributed by atoms with Gasteiger partial charge >= 0.3 is 0 Å². The van der Waals surface area contributed by atoms with Gasteiger partial charge in [0.05, 0.1) is 17.0 Å². The smallest absolute Gasteiger partial charge is 0.189 e. The van der Waals surface area contributed by atoms with Crippen LogP contribution < -0.4 is 5.43 Å². The number of fused-ring (bicyclic) bond motifs is 4. The third-order valence-corrected chi connectivity index (χ3v) is 6.14. The number of aromatic nitrogens is 1. The molecule has 4 fully saturated rings. The van der Waals surface area contributed by atoms with E-state index in [-0.39, 0.29) is 23.7 Å². The van der Waals surface area contributed by atoms with Gasteiger partial charge in [-0.25, -0.2) is 18.5 Å². The molecule has 2 atom stereocenters. The number of pyridine rings is 1. The maximum atomic E-state index is 14.6. The van der Waals surface area contributed by atoms with Crippen molar-refractivity contribution in [2.24, 2.45) is 0 Å². The Kier molecular flexibility index (Phi) is 3.65. The van der Waals surface area contributed by atoms with Crippen molar-refractivity contribution in [3.8, 4) is 0 Å². The Morgan fingerprint density at radius 1 is 1.20 bits per heavy atom. The average molecular weight is 363 g/mol. The van der Waals surface area contributed by atoms with Crippen LogP contribution >= 0.6 is 11.9 Å². The van der Waals surface area contributed by atoms with Gasteiger partial charge in [-0.3, -0.25) is 9.69 Å². The highest BCUT2D eigenvalue weighted by atomic mass is 32.2. The molecule has 25 heavy (non-hydrogen) atoms. The van der Waals surface area contributed by atoms with Crippen LogP contribution in [0.25, 0.3) is 10.9 Å². The molecule has 8 heteroatoms. The Morgan fingerprint density at radius 3 is 2.68 bits per heavy atom. The van der Waals surface area contributed by atoms with Crippen molar-refractivity contribution in [3.05, 3.63) is 40.4 Å². The molecule has 1 aromatic carbocycles. The predicted molar refractivity (Wildman–Crippen MR) is 91.4 cm³/mol. The minimum absolute atomic E-state index is 0.141. The van der Waals surface area contributed by atoms with Crippen LogP contribution in [0.15, 0.2) is 34.1 Å². The number of nitrogens with zero attached hydrogens (tertiary/aromatic N) is 3. The zero-order valence-corrected chi connectivity index (χ0v) is 14.5. The summed E-state index contributed by atoms with van der Waals surface area (Å²) in [6, 6.07) is 5.10. The molecule has 1 aromatic heterocycles. The summed E-state index contributed by atoms with van der Waals surface area (Å²) in [6.45, 7) is 1.34. The van der Waals surface area contributed by atoms with Crippen molar-refractivity contribution >= 4 is 22.9 Å². The van der Waals surface area contributed by atoms with Gasteiger partial charge in [0.2, 0.25) is 0 Å². The fraction of sp³-hybridized carbons (Fsp3) is 0.471. The van der Waals surface area contributed by atoms with Crippen LogP contribution in [0, 0.1) is 5.82 Å². The number of hydrogen-bond donors (Lipinski definition) is 0. The Morgan fingerprint density at radius 2 is 2.00 bits per heavy atom. The van der Waals surface area contributed by atoms with Crippen molar-refractivity contribution in [3.63, 3.8) is 0 Å². The summed E-state index contributed by atoms with van der Waals surface area (Å²) in [6.07, 6.45) is 3.64. The first-order chi connectivity index (χ1) is 12.1. The summed E-state index contributed by atoms with van der Waals surface area (Å²) in [4.78, 5) is 25.3. The molecule has 1 aliphatic carbocycles. The van der Waals surface area contributed by atoms with Gasteiger partial charge in [-0.2, -0.15) is 0 Å². The Balaban J connectivity index is 1.52. The highest BCUT2D eigenvalue weighted by Crippen LogP contribution is 2.39. The number of benzene rings is 1. The van der Waals surface area contributed by atoms with E-state index >= 15 is 0 Å². The summed E-state index contributed by atoms with van der Waals surface area (Å²) < 4.78 is 18.7. The van der Waals surface area contributed by atoms with Crippen LogP contribution in [0.2, 0.25) is 0 Å². The fourth-order valence-corrected chi connectivity index (χ4v) is 4.40. The van der Waals surface area contributed by atoms with Gasteiger partial charge in [-0.15, -0.1) is 0 Å². The summed E-state index contributed by atoms with van der Waals surface area (Å²) in [5.41, 5.74) is 0.660. The number of piperazine rings is 1. The van der Waals surface area contributed by atoms with E-state index in [0.29, 0.717) is 29.4 Å². The summed E-state index contributed by atoms with van der Waals surface area (Å²) in [5.74, 6) is -0.376. The zero-order chi connectivity index (χ0) is 17.1. The highest BCUT2D eigenvalue weighted by molar-refractivity contribution is 7.97. The lowest BCUT2D eigenvalue weighted by Crippen LogP contribution is -2.61. The zero-order valence-electron chi connectivity index (χ0n) is 13.7. The molecule has 1 saturated carbocycles. The summed E-state index contributed by atoms with van der Waals surface area (Å²) in [5, 5.41) is 0.440. The second-order valence-corrected chi connectivity index (χ2v) is 7.94. The van der Waals surface area contributed by atoms with Gasteiger partial charge in [0.25, 0.3) is 0 Å². The third kappa shape index (κ3) is 2.69. The van der Waals surface area contributed by atoms with Crippen molar-refractivity contribution in [2.45, 2.75) is 36.2 Å². The molecule has 0 amide bonds. The number of hydrogen-bond acceptors (Lipinski definition) is 6. The molecular formula is C17H18FN3O3S. The molecule has 2 bridgehead atoms. The van der Waals surface area contributed by atoms with E-state index in [1.807, 2.05) is 17.5 Å². The lowest BCUT2D eigenvalue weighted by atomic mass is 10.2. The molecule has 4 aliphatic rings. The van der Waals surface area contributed by atoms with Gasteiger partial charge in [0, 0.05) is 30.2 Å². The molecule has 0 radical (unpaired) electrons. The predicted octanol–water partition coefficient (Wildman–Crippen LogP) is 2.34. The van der Waals surface area contributed by atoms with Crippen LogP contribution in [0.5, 0.6) is 0 Å². The second kappa shape index (κ2) is 5.78. The molecular weight excluding hydrogens is 345 g/mol. The Hall–Kier alpha value is -1.45. The Bertz CT molecular complexity index is 901. The molecule has 0 spiro atoms. The van der Waals surface area contributed by atoms with Gasteiger partial charge in [-0.05, 0) is 44.0 Å². The van der Waals surface area contributed by atoms with Crippen LogP contribution in [-0.2, 0) is 9.78 Å². The van der Waals surface area contributed by atoms with Crippen molar-refractivity contribution in [1.82, 2.24) is 13.8 Å². The molecule has 3 aliphatic heterocycles. The standard InChI is InChI=1S/C17H18FN3O3S/c1-19-8-17-21(9-16(19)23-24-17)25-15-7-13-11(6-12(15)18)14(22)4-5-20(13)10-2-3-10/h4-7,10,16-17H,2-3,8-9H2,1H3. The molecule has 6 nitrogen and oxygen atoms in total. The van der Waals surface area contributed by atoms with Crippen molar-refractivity contribution < 1.29 is 14.2 Å². The van der Waals surface area contributed by atoms with Gasteiger partial charge < -0.3 is 4.57 Å². The van der Waals surface area contributed by atoms with E-state index in [4.69, 9.17) is 9.78 Å². The molecule has 2 aromatic rings. The van der Waals surface area contributed by atoms with Crippen LogP contribution in [0.3, 0.4) is 0 Å². The molecule has 6 rings (SSSR count). The SMILES string of the molecule is CN1CC2OOC1CN2Sc1cc2c(cc1F)c(=O)ccn2C1CC1. The molecule has 4 heterocycles. The van der Waals surface area contributed by atoms with E-state index < -0.39 is 0 Å². The first-order valence-electron chi connectivity index (χ1n) is 8.41.